The number of nitrogens with zero attached hydrogens (tertiary/aromatic N) is 1. The first-order valence-electron chi connectivity index (χ1n) is 7.58. The highest BCUT2D eigenvalue weighted by molar-refractivity contribution is 4.82. The normalized spacial score (nSPS) is 29.2. The standard InChI is InChI=1S/C15H32N2O/c1-13-8-7-9-14(2)17(13)11-6-5-10-15(3,12-18)16-4/h13-14,16,18H,5-12H2,1-4H3. The van der Waals surface area contributed by atoms with Crippen molar-refractivity contribution in [3.8, 4) is 0 Å². The van der Waals surface area contributed by atoms with E-state index < -0.39 is 0 Å². The number of likely N-dealkylation sites (tertiary alicyclic amines) is 1. The third kappa shape index (κ3) is 4.52. The zero-order chi connectivity index (χ0) is 13.6. The minimum atomic E-state index is -0.0981. The lowest BCUT2D eigenvalue weighted by molar-refractivity contribution is 0.0987. The van der Waals surface area contributed by atoms with Gasteiger partial charge in [-0.2, -0.15) is 0 Å². The van der Waals surface area contributed by atoms with Gasteiger partial charge < -0.3 is 10.4 Å². The lowest BCUT2D eigenvalue weighted by atomic mass is 9.94. The van der Waals surface area contributed by atoms with Gasteiger partial charge in [-0.25, -0.2) is 0 Å². The van der Waals surface area contributed by atoms with E-state index in [1.807, 2.05) is 7.05 Å². The molecule has 2 N–H and O–H groups in total. The molecule has 0 aromatic heterocycles. The highest BCUT2D eigenvalue weighted by Crippen LogP contribution is 2.23. The van der Waals surface area contributed by atoms with E-state index in [0.717, 1.165) is 18.5 Å². The van der Waals surface area contributed by atoms with Crippen LogP contribution in [0, 0.1) is 0 Å². The Labute approximate surface area is 113 Å². The van der Waals surface area contributed by atoms with Crippen LogP contribution >= 0.6 is 0 Å². The van der Waals surface area contributed by atoms with Crippen LogP contribution in [0.2, 0.25) is 0 Å². The second kappa shape index (κ2) is 7.46. The molecule has 0 spiro atoms. The lowest BCUT2D eigenvalue weighted by Gasteiger charge is -2.39. The van der Waals surface area contributed by atoms with Crippen LogP contribution in [-0.2, 0) is 0 Å². The Bertz CT molecular complexity index is 219. The number of piperidine rings is 1. The maximum absolute atomic E-state index is 9.34. The van der Waals surface area contributed by atoms with E-state index in [9.17, 15) is 5.11 Å². The van der Waals surface area contributed by atoms with Crippen LogP contribution in [0.1, 0.15) is 59.3 Å². The minimum absolute atomic E-state index is 0.0981. The zero-order valence-electron chi connectivity index (χ0n) is 12.7. The van der Waals surface area contributed by atoms with Gasteiger partial charge in [0.05, 0.1) is 6.61 Å². The maximum Gasteiger partial charge on any atom is 0.0610 e. The Morgan fingerprint density at radius 2 is 1.83 bits per heavy atom. The molecule has 18 heavy (non-hydrogen) atoms. The quantitative estimate of drug-likeness (QED) is 0.687. The Kier molecular flexibility index (Phi) is 6.61. The average Bonchev–Trinajstić information content (AvgIpc) is 2.37. The predicted octanol–water partition coefficient (Wildman–Crippen LogP) is 2.39. The predicted molar refractivity (Wildman–Crippen MR) is 77.9 cm³/mol. The van der Waals surface area contributed by atoms with Crippen molar-refractivity contribution in [1.29, 1.82) is 0 Å². The third-order valence-electron chi connectivity index (χ3n) is 4.72. The van der Waals surface area contributed by atoms with Gasteiger partial charge in [0, 0.05) is 17.6 Å². The van der Waals surface area contributed by atoms with Crippen molar-refractivity contribution >= 4 is 0 Å². The van der Waals surface area contributed by atoms with Crippen LogP contribution < -0.4 is 5.32 Å². The summed E-state index contributed by atoms with van der Waals surface area (Å²) in [5.41, 5.74) is -0.0981. The fourth-order valence-corrected chi connectivity index (χ4v) is 3.01. The summed E-state index contributed by atoms with van der Waals surface area (Å²) in [5.74, 6) is 0. The molecule has 0 radical (unpaired) electrons. The first kappa shape index (κ1) is 15.9. The lowest BCUT2D eigenvalue weighted by Crippen LogP contribution is -2.45. The first-order valence-corrected chi connectivity index (χ1v) is 7.58. The van der Waals surface area contributed by atoms with Gasteiger partial charge in [-0.3, -0.25) is 4.90 Å². The molecular weight excluding hydrogens is 224 g/mol. The van der Waals surface area contributed by atoms with E-state index in [1.165, 1.54) is 38.6 Å². The molecule has 0 amide bonds. The summed E-state index contributed by atoms with van der Waals surface area (Å²) in [7, 11) is 1.94. The van der Waals surface area contributed by atoms with E-state index >= 15 is 0 Å². The molecule has 108 valence electrons. The monoisotopic (exact) mass is 256 g/mol. The molecule has 0 aliphatic carbocycles. The van der Waals surface area contributed by atoms with Gasteiger partial charge >= 0.3 is 0 Å². The summed E-state index contributed by atoms with van der Waals surface area (Å²) in [6, 6.07) is 1.50. The van der Waals surface area contributed by atoms with Gasteiger partial charge in [0.2, 0.25) is 0 Å². The Morgan fingerprint density at radius 3 is 2.33 bits per heavy atom. The van der Waals surface area contributed by atoms with E-state index in [2.05, 4.69) is 31.0 Å². The number of likely N-dealkylation sites (N-methyl/N-ethyl adjacent to an activating group) is 1. The molecule has 1 aliphatic heterocycles. The Morgan fingerprint density at radius 1 is 1.22 bits per heavy atom. The first-order chi connectivity index (χ1) is 8.52. The van der Waals surface area contributed by atoms with E-state index in [-0.39, 0.29) is 12.1 Å². The fraction of sp³-hybridized carbons (Fsp3) is 1.00. The smallest absolute Gasteiger partial charge is 0.0610 e. The summed E-state index contributed by atoms with van der Waals surface area (Å²) in [5, 5.41) is 12.6. The van der Waals surface area contributed by atoms with E-state index in [0.29, 0.717) is 0 Å². The van der Waals surface area contributed by atoms with Gasteiger partial charge in [-0.05, 0) is 60.0 Å². The number of nitrogens with one attached hydrogen (secondary N) is 1. The molecule has 0 bridgehead atoms. The molecule has 1 saturated heterocycles. The van der Waals surface area contributed by atoms with Gasteiger partial charge in [-0.15, -0.1) is 0 Å². The average molecular weight is 256 g/mol. The van der Waals surface area contributed by atoms with Crippen molar-refractivity contribution in [2.45, 2.75) is 76.9 Å². The van der Waals surface area contributed by atoms with Crippen LogP contribution in [0.15, 0.2) is 0 Å². The SMILES string of the molecule is CNC(C)(CO)CCCCN1C(C)CCCC1C. The molecule has 1 heterocycles. The number of aliphatic hydroxyl groups excluding tert-OH is 1. The molecule has 3 unspecified atom stereocenters. The minimum Gasteiger partial charge on any atom is -0.394 e. The van der Waals surface area contributed by atoms with Crippen LogP contribution in [0.25, 0.3) is 0 Å². The van der Waals surface area contributed by atoms with Crippen LogP contribution in [0.4, 0.5) is 0 Å². The van der Waals surface area contributed by atoms with Crippen LogP contribution in [0.5, 0.6) is 0 Å². The molecule has 3 heteroatoms. The van der Waals surface area contributed by atoms with Crippen molar-refractivity contribution in [3.05, 3.63) is 0 Å². The van der Waals surface area contributed by atoms with Crippen LogP contribution in [0.3, 0.4) is 0 Å². The van der Waals surface area contributed by atoms with Crippen molar-refractivity contribution in [1.82, 2.24) is 10.2 Å². The van der Waals surface area contributed by atoms with Crippen LogP contribution in [-0.4, -0.2) is 47.8 Å². The zero-order valence-corrected chi connectivity index (χ0v) is 12.7. The third-order valence-corrected chi connectivity index (χ3v) is 4.72. The van der Waals surface area contributed by atoms with Gasteiger partial charge in [-0.1, -0.05) is 12.8 Å². The number of rotatable bonds is 7. The molecular formula is C15H32N2O. The molecule has 0 aromatic carbocycles. The van der Waals surface area contributed by atoms with Gasteiger partial charge in [0.1, 0.15) is 0 Å². The Hall–Kier alpha value is -0.120. The van der Waals surface area contributed by atoms with Crippen molar-refractivity contribution in [3.63, 3.8) is 0 Å². The maximum atomic E-state index is 9.34. The molecule has 1 fully saturated rings. The highest BCUT2D eigenvalue weighted by atomic mass is 16.3. The summed E-state index contributed by atoms with van der Waals surface area (Å²) < 4.78 is 0. The second-order valence-corrected chi connectivity index (χ2v) is 6.29. The topological polar surface area (TPSA) is 35.5 Å². The molecule has 3 atom stereocenters. The number of hydrogen-bond acceptors (Lipinski definition) is 3. The van der Waals surface area contributed by atoms with Crippen molar-refractivity contribution in [2.24, 2.45) is 0 Å². The largest absolute Gasteiger partial charge is 0.394 e. The van der Waals surface area contributed by atoms with Gasteiger partial charge in [0.15, 0.2) is 0 Å². The number of aliphatic hydroxyl groups is 1. The van der Waals surface area contributed by atoms with Crippen molar-refractivity contribution in [2.75, 3.05) is 20.2 Å². The Balaban J connectivity index is 2.24. The molecule has 3 nitrogen and oxygen atoms in total. The molecule has 0 aromatic rings. The van der Waals surface area contributed by atoms with E-state index in [4.69, 9.17) is 0 Å². The molecule has 0 saturated carbocycles. The van der Waals surface area contributed by atoms with Crippen molar-refractivity contribution < 1.29 is 5.11 Å². The summed E-state index contributed by atoms with van der Waals surface area (Å²) >= 11 is 0. The fourth-order valence-electron chi connectivity index (χ4n) is 3.01. The summed E-state index contributed by atoms with van der Waals surface area (Å²) in [6.45, 7) is 8.26. The van der Waals surface area contributed by atoms with Gasteiger partial charge in [0.25, 0.3) is 0 Å². The summed E-state index contributed by atoms with van der Waals surface area (Å²) in [6.07, 6.45) is 7.59. The second-order valence-electron chi connectivity index (χ2n) is 6.29. The summed E-state index contributed by atoms with van der Waals surface area (Å²) in [4.78, 5) is 2.67. The molecule has 1 aliphatic rings. The number of hydrogen-bond donors (Lipinski definition) is 2. The molecule has 1 rings (SSSR count). The number of unbranched alkanes of at least 4 members (excludes halogenated alkanes) is 1. The van der Waals surface area contributed by atoms with E-state index in [1.54, 1.807) is 0 Å². The highest BCUT2D eigenvalue weighted by Gasteiger charge is 2.24.